The maximum absolute atomic E-state index is 5.98. The Morgan fingerprint density at radius 3 is 2.84 bits per heavy atom. The summed E-state index contributed by atoms with van der Waals surface area (Å²) in [5, 5.41) is 6.68. The molecule has 10 nitrogen and oxygen atoms in total. The number of fused-ring (bicyclic) bond motifs is 4. The van der Waals surface area contributed by atoms with E-state index in [-0.39, 0.29) is 12.3 Å². The molecule has 1 saturated heterocycles. The molecule has 0 spiro atoms. The minimum atomic E-state index is -0.471. The highest BCUT2D eigenvalue weighted by molar-refractivity contribution is 5.87. The van der Waals surface area contributed by atoms with E-state index in [1.165, 1.54) is 0 Å². The van der Waals surface area contributed by atoms with Crippen molar-refractivity contribution in [3.8, 4) is 11.4 Å². The van der Waals surface area contributed by atoms with Gasteiger partial charge in [0, 0.05) is 38.5 Å². The molecule has 0 amide bonds. The number of nitrogens with one attached hydrogen (secondary N) is 2. The first-order chi connectivity index (χ1) is 14.9. The predicted molar refractivity (Wildman–Crippen MR) is 117 cm³/mol. The van der Waals surface area contributed by atoms with Gasteiger partial charge in [-0.15, -0.1) is 0 Å². The van der Waals surface area contributed by atoms with Gasteiger partial charge in [-0.1, -0.05) is 0 Å². The van der Waals surface area contributed by atoms with Gasteiger partial charge in [0.2, 0.25) is 0 Å². The molecule has 0 aliphatic carbocycles. The summed E-state index contributed by atoms with van der Waals surface area (Å²) in [6.07, 6.45) is 2.18. The van der Waals surface area contributed by atoms with E-state index in [0.29, 0.717) is 12.4 Å². The third-order valence-corrected chi connectivity index (χ3v) is 6.24. The molecule has 0 saturated carbocycles. The van der Waals surface area contributed by atoms with Crippen LogP contribution in [0.5, 0.6) is 0 Å². The lowest BCUT2D eigenvalue weighted by atomic mass is 10.1. The lowest BCUT2D eigenvalue weighted by Gasteiger charge is -2.39. The maximum atomic E-state index is 5.98. The summed E-state index contributed by atoms with van der Waals surface area (Å²) < 4.78 is 13.6. The number of aromatic nitrogens is 5. The van der Waals surface area contributed by atoms with Crippen molar-refractivity contribution in [3.63, 3.8) is 0 Å². The van der Waals surface area contributed by atoms with Gasteiger partial charge in [-0.05, 0) is 26.8 Å². The Morgan fingerprint density at radius 1 is 1.19 bits per heavy atom. The molecule has 10 heteroatoms. The van der Waals surface area contributed by atoms with Gasteiger partial charge >= 0.3 is 0 Å². The largest absolute Gasteiger partial charge is 0.378 e. The van der Waals surface area contributed by atoms with Crippen molar-refractivity contribution >= 4 is 28.5 Å². The van der Waals surface area contributed by atoms with Crippen molar-refractivity contribution in [2.75, 3.05) is 42.3 Å². The molecule has 1 unspecified atom stereocenters. The number of anilines is 3. The Hall–Kier alpha value is -2.98. The van der Waals surface area contributed by atoms with Crippen LogP contribution in [-0.2, 0) is 21.6 Å². The van der Waals surface area contributed by atoms with Gasteiger partial charge in [-0.25, -0.2) is 19.9 Å². The normalized spacial score (nSPS) is 21.9. The van der Waals surface area contributed by atoms with Crippen LogP contribution >= 0.6 is 0 Å². The van der Waals surface area contributed by atoms with Crippen molar-refractivity contribution in [1.82, 2.24) is 24.5 Å². The number of imidazole rings is 1. The Bertz CT molecular complexity index is 1180. The molecular formula is C21H26N8O2. The number of hydrogen-bond donors (Lipinski definition) is 2. The van der Waals surface area contributed by atoms with E-state index in [9.17, 15) is 0 Å². The number of pyridine rings is 1. The van der Waals surface area contributed by atoms with Crippen LogP contribution in [0.3, 0.4) is 0 Å². The highest BCUT2D eigenvalue weighted by Crippen LogP contribution is 2.37. The molecule has 3 aliphatic heterocycles. The van der Waals surface area contributed by atoms with E-state index < -0.39 is 5.60 Å². The Balaban J connectivity index is 1.52. The smallest absolute Gasteiger partial charge is 0.166 e. The third kappa shape index (κ3) is 2.85. The second-order valence-electron chi connectivity index (χ2n) is 8.88. The second-order valence-corrected chi connectivity index (χ2v) is 8.88. The van der Waals surface area contributed by atoms with Gasteiger partial charge < -0.3 is 29.6 Å². The molecule has 6 rings (SSSR count). The van der Waals surface area contributed by atoms with Gasteiger partial charge in [0.15, 0.2) is 28.6 Å². The molecule has 3 aliphatic rings. The van der Waals surface area contributed by atoms with Crippen LogP contribution in [-0.4, -0.2) is 63.6 Å². The SMILES string of the molecule is COC1CN(c2nc(-c3cnc4c(c3)NC(C)N4)nc3c2nc2n3CCOC2(C)C)C1. The summed E-state index contributed by atoms with van der Waals surface area (Å²) in [4.78, 5) is 21.6. The van der Waals surface area contributed by atoms with Crippen LogP contribution in [0.25, 0.3) is 22.6 Å². The van der Waals surface area contributed by atoms with Crippen LogP contribution in [0.1, 0.15) is 26.6 Å². The van der Waals surface area contributed by atoms with Gasteiger partial charge in [-0.2, -0.15) is 0 Å². The van der Waals surface area contributed by atoms with Crippen molar-refractivity contribution in [3.05, 3.63) is 18.1 Å². The fraction of sp³-hybridized carbons (Fsp3) is 0.524. The van der Waals surface area contributed by atoms with Crippen LogP contribution in [0.4, 0.5) is 17.3 Å². The Labute approximate surface area is 180 Å². The van der Waals surface area contributed by atoms with Crippen LogP contribution in [0.15, 0.2) is 12.3 Å². The average Bonchev–Trinajstić information content (AvgIpc) is 3.27. The second kappa shape index (κ2) is 6.51. The molecule has 3 aromatic rings. The molecule has 3 aromatic heterocycles. The summed E-state index contributed by atoms with van der Waals surface area (Å²) in [7, 11) is 1.75. The molecule has 31 heavy (non-hydrogen) atoms. The quantitative estimate of drug-likeness (QED) is 0.657. The fourth-order valence-electron chi connectivity index (χ4n) is 4.51. The molecule has 1 fully saturated rings. The van der Waals surface area contributed by atoms with Crippen molar-refractivity contribution < 1.29 is 9.47 Å². The molecular weight excluding hydrogens is 396 g/mol. The first-order valence-corrected chi connectivity index (χ1v) is 10.7. The van der Waals surface area contributed by atoms with E-state index in [1.807, 2.05) is 20.0 Å². The average molecular weight is 422 g/mol. The predicted octanol–water partition coefficient (Wildman–Crippen LogP) is 2.17. The monoisotopic (exact) mass is 422 g/mol. The number of hydrogen-bond acceptors (Lipinski definition) is 9. The zero-order chi connectivity index (χ0) is 21.3. The number of ether oxygens (including phenoxy) is 2. The molecule has 0 radical (unpaired) electrons. The van der Waals surface area contributed by atoms with Crippen molar-refractivity contribution in [1.29, 1.82) is 0 Å². The van der Waals surface area contributed by atoms with Gasteiger partial charge in [0.25, 0.3) is 0 Å². The lowest BCUT2D eigenvalue weighted by molar-refractivity contribution is -0.0530. The van der Waals surface area contributed by atoms with E-state index >= 15 is 0 Å². The minimum Gasteiger partial charge on any atom is -0.378 e. The first-order valence-electron chi connectivity index (χ1n) is 10.7. The number of rotatable bonds is 3. The molecule has 1 atom stereocenters. The van der Waals surface area contributed by atoms with Gasteiger partial charge in [0.05, 0.1) is 24.6 Å². The van der Waals surface area contributed by atoms with Crippen LogP contribution in [0, 0.1) is 0 Å². The van der Waals surface area contributed by atoms with Crippen LogP contribution in [0.2, 0.25) is 0 Å². The molecule has 6 heterocycles. The summed E-state index contributed by atoms with van der Waals surface area (Å²) in [5.74, 6) is 3.22. The van der Waals surface area contributed by atoms with E-state index in [2.05, 4.69) is 38.1 Å². The highest BCUT2D eigenvalue weighted by Gasteiger charge is 2.36. The van der Waals surface area contributed by atoms with Crippen molar-refractivity contribution in [2.24, 2.45) is 0 Å². The maximum Gasteiger partial charge on any atom is 0.166 e. The van der Waals surface area contributed by atoms with E-state index in [1.54, 1.807) is 7.11 Å². The number of methoxy groups -OCH3 is 1. The van der Waals surface area contributed by atoms with E-state index in [0.717, 1.165) is 59.5 Å². The number of nitrogens with zero attached hydrogens (tertiary/aromatic N) is 6. The Kier molecular flexibility index (Phi) is 3.94. The zero-order valence-electron chi connectivity index (χ0n) is 18.1. The van der Waals surface area contributed by atoms with Crippen molar-refractivity contribution in [2.45, 2.75) is 45.2 Å². The summed E-state index contributed by atoms with van der Waals surface area (Å²) >= 11 is 0. The van der Waals surface area contributed by atoms with Gasteiger partial charge in [-0.3, -0.25) is 0 Å². The zero-order valence-corrected chi connectivity index (χ0v) is 18.1. The summed E-state index contributed by atoms with van der Waals surface area (Å²) in [6, 6.07) is 2.05. The topological polar surface area (TPSA) is 102 Å². The third-order valence-electron chi connectivity index (χ3n) is 6.24. The fourth-order valence-corrected chi connectivity index (χ4v) is 4.51. The summed E-state index contributed by atoms with van der Waals surface area (Å²) in [6.45, 7) is 9.08. The molecule has 0 aromatic carbocycles. The standard InChI is InChI=1S/C21H26N8O2/c1-11-23-14-7-12(8-22-17(14)24-11)16-26-18(28-9-13(10-28)30-4)15-19(27-16)29-5-6-31-21(2,3)20(29)25-15/h7-8,11,13,23H,5-6,9-10H2,1-4H3,(H,22,24). The molecule has 0 bridgehead atoms. The summed E-state index contributed by atoms with van der Waals surface area (Å²) in [5.41, 5.74) is 3.02. The minimum absolute atomic E-state index is 0.146. The van der Waals surface area contributed by atoms with Gasteiger partial charge in [0.1, 0.15) is 11.4 Å². The lowest BCUT2D eigenvalue weighted by Crippen LogP contribution is -2.52. The highest BCUT2D eigenvalue weighted by atomic mass is 16.5. The molecule has 2 N–H and O–H groups in total. The Morgan fingerprint density at radius 2 is 2.03 bits per heavy atom. The van der Waals surface area contributed by atoms with Crippen LogP contribution < -0.4 is 15.5 Å². The molecule has 162 valence electrons. The van der Waals surface area contributed by atoms with E-state index in [4.69, 9.17) is 24.4 Å². The first kappa shape index (κ1) is 18.8.